The fourth-order valence-corrected chi connectivity index (χ4v) is 3.35. The first-order valence-electron chi connectivity index (χ1n) is 8.21. The number of carbonyl (C=O) groups is 1. The van der Waals surface area contributed by atoms with Gasteiger partial charge in [-0.2, -0.15) is 0 Å². The van der Waals surface area contributed by atoms with Crippen LogP contribution >= 0.6 is 11.6 Å². The molecule has 0 spiro atoms. The summed E-state index contributed by atoms with van der Waals surface area (Å²) in [6.07, 6.45) is 0.314. The van der Waals surface area contributed by atoms with Gasteiger partial charge in [-0.25, -0.2) is 4.39 Å². The molecule has 0 aliphatic carbocycles. The van der Waals surface area contributed by atoms with Crippen LogP contribution in [0, 0.1) is 5.82 Å². The summed E-state index contributed by atoms with van der Waals surface area (Å²) in [5.41, 5.74) is 0.624. The van der Waals surface area contributed by atoms with Gasteiger partial charge in [-0.3, -0.25) is 4.79 Å². The Morgan fingerprint density at radius 1 is 1.33 bits per heavy atom. The average Bonchev–Trinajstić information content (AvgIpc) is 2.44. The average molecular weight is 375 g/mol. The minimum absolute atomic E-state index is 0.0639. The predicted octanol–water partition coefficient (Wildman–Crippen LogP) is 5.64. The second kappa shape index (κ2) is 7.98. The number of hydrogen-bond donors (Lipinski definition) is 0. The quantitative estimate of drug-likeness (QED) is 0.457. The van der Waals surface area contributed by atoms with E-state index in [-0.39, 0.29) is 21.6 Å². The van der Waals surface area contributed by atoms with Gasteiger partial charge in [-0.15, -0.1) is 0 Å². The van der Waals surface area contributed by atoms with Crippen LogP contribution in [0.3, 0.4) is 0 Å². The number of hydrogen-bond acceptors (Lipinski definition) is 3. The second-order valence-corrected chi connectivity index (χ2v) is 12.6. The molecule has 24 heavy (non-hydrogen) atoms. The number of benzene rings is 1. The number of rotatable bonds is 7. The normalized spacial score (nSPS) is 12.4. The minimum Gasteiger partial charge on any atom is -0.493 e. The van der Waals surface area contributed by atoms with Crippen molar-refractivity contribution < 1.29 is 18.3 Å². The number of carbonyl (C=O) groups excluding carboxylic acids is 1. The van der Waals surface area contributed by atoms with E-state index in [1.807, 2.05) is 0 Å². The zero-order chi connectivity index (χ0) is 18.7. The molecule has 0 aliphatic heterocycles. The Kier molecular flexibility index (Phi) is 7.02. The molecule has 1 aromatic carbocycles. The van der Waals surface area contributed by atoms with Gasteiger partial charge in [-0.05, 0) is 38.0 Å². The van der Waals surface area contributed by atoms with E-state index in [0.717, 1.165) is 0 Å². The van der Waals surface area contributed by atoms with Gasteiger partial charge in [0.05, 0.1) is 17.2 Å². The highest BCUT2D eigenvalue weighted by atomic mass is 35.5. The Labute approximate surface area is 150 Å². The van der Waals surface area contributed by atoms with Gasteiger partial charge in [-0.1, -0.05) is 32.4 Å². The van der Waals surface area contributed by atoms with Gasteiger partial charge < -0.3 is 9.16 Å². The summed E-state index contributed by atoms with van der Waals surface area (Å²) in [5, 5.41) is 0.0127. The molecule has 0 amide bonds. The molecular formula is C18H28ClFO3Si. The van der Waals surface area contributed by atoms with E-state index in [1.165, 1.54) is 13.0 Å². The maximum absolute atomic E-state index is 14.5. The van der Waals surface area contributed by atoms with Crippen molar-refractivity contribution in [1.82, 2.24) is 0 Å². The summed E-state index contributed by atoms with van der Waals surface area (Å²) in [4.78, 5) is 11.8. The van der Waals surface area contributed by atoms with Gasteiger partial charge in [0.1, 0.15) is 11.6 Å². The molecule has 0 unspecified atom stereocenters. The van der Waals surface area contributed by atoms with Crippen molar-refractivity contribution in [3.63, 3.8) is 0 Å². The lowest BCUT2D eigenvalue weighted by atomic mass is 10.0. The molecule has 0 atom stereocenters. The lowest BCUT2D eigenvalue weighted by Crippen LogP contribution is -2.41. The monoisotopic (exact) mass is 374 g/mol. The van der Waals surface area contributed by atoms with Gasteiger partial charge in [0.25, 0.3) is 0 Å². The molecule has 1 aromatic rings. The molecule has 0 aromatic heterocycles. The summed E-state index contributed by atoms with van der Waals surface area (Å²) in [6.45, 7) is 14.7. The molecule has 0 N–H and O–H groups in total. The molecule has 0 aliphatic rings. The van der Waals surface area contributed by atoms with Crippen LogP contribution in [0.5, 0.6) is 5.75 Å². The van der Waals surface area contributed by atoms with Crippen molar-refractivity contribution >= 4 is 25.7 Å². The van der Waals surface area contributed by atoms with Crippen LogP contribution in [0.15, 0.2) is 6.07 Å². The van der Waals surface area contributed by atoms with E-state index in [0.29, 0.717) is 30.8 Å². The zero-order valence-corrected chi connectivity index (χ0v) is 17.4. The van der Waals surface area contributed by atoms with Crippen molar-refractivity contribution in [3.05, 3.63) is 28.0 Å². The largest absolute Gasteiger partial charge is 0.493 e. The maximum atomic E-state index is 14.5. The van der Waals surface area contributed by atoms with Crippen LogP contribution in [0.2, 0.25) is 23.2 Å². The Balaban J connectivity index is 3.12. The molecule has 0 heterocycles. The summed E-state index contributed by atoms with van der Waals surface area (Å²) < 4.78 is 26.2. The molecule has 6 heteroatoms. The van der Waals surface area contributed by atoms with E-state index < -0.39 is 14.1 Å². The van der Waals surface area contributed by atoms with E-state index in [1.54, 1.807) is 6.92 Å². The van der Waals surface area contributed by atoms with Crippen LogP contribution in [0.1, 0.15) is 50.5 Å². The van der Waals surface area contributed by atoms with Crippen molar-refractivity contribution in [2.45, 2.75) is 59.2 Å². The first-order chi connectivity index (χ1) is 10.9. The highest BCUT2D eigenvalue weighted by molar-refractivity contribution is 6.74. The predicted molar refractivity (Wildman–Crippen MR) is 99.4 cm³/mol. The van der Waals surface area contributed by atoms with Crippen molar-refractivity contribution in [2.24, 2.45) is 0 Å². The van der Waals surface area contributed by atoms with Gasteiger partial charge in [0.15, 0.2) is 14.1 Å². The van der Waals surface area contributed by atoms with E-state index in [2.05, 4.69) is 33.9 Å². The zero-order valence-electron chi connectivity index (χ0n) is 15.7. The van der Waals surface area contributed by atoms with Crippen LogP contribution in [-0.4, -0.2) is 27.3 Å². The van der Waals surface area contributed by atoms with Crippen molar-refractivity contribution in [2.75, 3.05) is 13.2 Å². The first kappa shape index (κ1) is 21.1. The van der Waals surface area contributed by atoms with Crippen LogP contribution in [0.4, 0.5) is 4.39 Å². The summed E-state index contributed by atoms with van der Waals surface area (Å²) >= 11 is 5.96. The minimum atomic E-state index is -1.92. The number of Topliss-reactive ketones (excluding diaryl/α,β-unsaturated/α-hetero) is 1. The van der Waals surface area contributed by atoms with Crippen LogP contribution in [0.25, 0.3) is 0 Å². The Morgan fingerprint density at radius 3 is 2.38 bits per heavy atom. The summed E-state index contributed by atoms with van der Waals surface area (Å²) in [6, 6.07) is 1.34. The van der Waals surface area contributed by atoms with E-state index in [4.69, 9.17) is 20.8 Å². The highest BCUT2D eigenvalue weighted by Gasteiger charge is 2.37. The SMILES string of the molecule is CCOc1c(C(C)=O)cc(Cl)c(F)c1CCO[Si](C)(C)C(C)(C)C. The maximum Gasteiger partial charge on any atom is 0.191 e. The molecule has 0 radical (unpaired) electrons. The number of ketones is 1. The molecule has 0 saturated carbocycles. The fraction of sp³-hybridized carbons (Fsp3) is 0.611. The summed E-state index contributed by atoms with van der Waals surface area (Å²) in [5.74, 6) is -0.457. The molecule has 3 nitrogen and oxygen atoms in total. The van der Waals surface area contributed by atoms with Crippen molar-refractivity contribution in [3.8, 4) is 5.75 Å². The molecule has 0 bridgehead atoms. The third-order valence-electron chi connectivity index (χ3n) is 4.55. The third-order valence-corrected chi connectivity index (χ3v) is 9.37. The van der Waals surface area contributed by atoms with E-state index in [9.17, 15) is 9.18 Å². The van der Waals surface area contributed by atoms with Crippen LogP contribution in [-0.2, 0) is 10.8 Å². The topological polar surface area (TPSA) is 35.5 Å². The van der Waals surface area contributed by atoms with Gasteiger partial charge in [0, 0.05) is 18.6 Å². The molecule has 1 rings (SSSR count). The van der Waals surface area contributed by atoms with E-state index >= 15 is 0 Å². The first-order valence-corrected chi connectivity index (χ1v) is 11.5. The Hall–Kier alpha value is -0.913. The molecule has 0 saturated heterocycles. The summed E-state index contributed by atoms with van der Waals surface area (Å²) in [7, 11) is -1.92. The standard InChI is InChI=1S/C18H28ClFO3Si/c1-8-22-17-13(9-10-23-24(6,7)18(3,4)5)16(20)15(19)11-14(17)12(2)21/h11H,8-10H2,1-7H3. The highest BCUT2D eigenvalue weighted by Crippen LogP contribution is 2.37. The van der Waals surface area contributed by atoms with Gasteiger partial charge in [0.2, 0.25) is 0 Å². The lowest BCUT2D eigenvalue weighted by Gasteiger charge is -2.36. The molecule has 136 valence electrons. The smallest absolute Gasteiger partial charge is 0.191 e. The number of halogens is 2. The number of ether oxygens (including phenoxy) is 1. The van der Waals surface area contributed by atoms with Crippen LogP contribution < -0.4 is 4.74 Å². The Morgan fingerprint density at radius 2 is 1.92 bits per heavy atom. The lowest BCUT2D eigenvalue weighted by molar-refractivity contribution is 0.101. The molecular weight excluding hydrogens is 347 g/mol. The molecule has 0 fully saturated rings. The Bertz CT molecular complexity index is 609. The third kappa shape index (κ3) is 4.80. The fourth-order valence-electron chi connectivity index (χ4n) is 2.08. The van der Waals surface area contributed by atoms with Gasteiger partial charge >= 0.3 is 0 Å². The second-order valence-electron chi connectivity index (χ2n) is 7.38. The van der Waals surface area contributed by atoms with Crippen molar-refractivity contribution in [1.29, 1.82) is 0 Å².